The standard InChI is InChI=1S/C10H16ClN3O2/c1-6(5-16-4)12-10(15)8-7(2)13-14(3)9(8)11/h6H,5H2,1-4H3,(H,12,15)/t6-/m0/s1. The lowest BCUT2D eigenvalue weighted by Crippen LogP contribution is -2.35. The van der Waals surface area contributed by atoms with Crippen LogP contribution in [0.1, 0.15) is 23.0 Å². The SMILES string of the molecule is COC[C@H](C)NC(=O)c1c(C)nn(C)c1Cl. The predicted octanol–water partition coefficient (Wildman–Crippen LogP) is 1.15. The van der Waals surface area contributed by atoms with Gasteiger partial charge in [0.2, 0.25) is 0 Å². The maximum atomic E-state index is 11.9. The van der Waals surface area contributed by atoms with Gasteiger partial charge in [-0.15, -0.1) is 0 Å². The van der Waals surface area contributed by atoms with Crippen molar-refractivity contribution < 1.29 is 9.53 Å². The van der Waals surface area contributed by atoms with Gasteiger partial charge in [0.25, 0.3) is 5.91 Å². The topological polar surface area (TPSA) is 56.1 Å². The van der Waals surface area contributed by atoms with E-state index in [-0.39, 0.29) is 11.9 Å². The summed E-state index contributed by atoms with van der Waals surface area (Å²) < 4.78 is 6.42. The highest BCUT2D eigenvalue weighted by molar-refractivity contribution is 6.33. The number of carbonyl (C=O) groups is 1. The molecule has 1 rings (SSSR count). The molecule has 0 saturated carbocycles. The fourth-order valence-corrected chi connectivity index (χ4v) is 1.74. The predicted molar refractivity (Wildman–Crippen MR) is 61.8 cm³/mol. The molecule has 0 bridgehead atoms. The molecule has 1 atom stereocenters. The smallest absolute Gasteiger partial charge is 0.256 e. The van der Waals surface area contributed by atoms with Crippen LogP contribution in [0.3, 0.4) is 0 Å². The average Bonchev–Trinajstić information content (AvgIpc) is 2.41. The number of aryl methyl sites for hydroxylation is 2. The van der Waals surface area contributed by atoms with Gasteiger partial charge in [0.1, 0.15) is 5.15 Å². The maximum absolute atomic E-state index is 11.9. The minimum atomic E-state index is -0.222. The summed E-state index contributed by atoms with van der Waals surface area (Å²) in [7, 11) is 3.29. The first-order valence-corrected chi connectivity index (χ1v) is 5.34. The minimum Gasteiger partial charge on any atom is -0.383 e. The number of nitrogens with zero attached hydrogens (tertiary/aromatic N) is 2. The van der Waals surface area contributed by atoms with E-state index >= 15 is 0 Å². The third kappa shape index (κ3) is 2.74. The number of methoxy groups -OCH3 is 1. The number of nitrogens with one attached hydrogen (secondary N) is 1. The Morgan fingerprint density at radius 2 is 2.31 bits per heavy atom. The molecule has 0 aliphatic heterocycles. The number of amides is 1. The monoisotopic (exact) mass is 245 g/mol. The van der Waals surface area contributed by atoms with Gasteiger partial charge in [-0.25, -0.2) is 0 Å². The van der Waals surface area contributed by atoms with Crippen LogP contribution in [0.5, 0.6) is 0 Å². The van der Waals surface area contributed by atoms with Crippen LogP contribution in [0.4, 0.5) is 0 Å². The van der Waals surface area contributed by atoms with E-state index in [1.807, 2.05) is 6.92 Å². The summed E-state index contributed by atoms with van der Waals surface area (Å²) in [6.45, 7) is 4.07. The first-order chi connectivity index (χ1) is 7.47. The van der Waals surface area contributed by atoms with Crippen LogP contribution in [0.15, 0.2) is 0 Å². The zero-order chi connectivity index (χ0) is 12.3. The first kappa shape index (κ1) is 13.0. The molecule has 0 aromatic carbocycles. The summed E-state index contributed by atoms with van der Waals surface area (Å²) in [5, 5.41) is 7.21. The van der Waals surface area contributed by atoms with E-state index in [1.54, 1.807) is 21.1 Å². The molecule has 0 radical (unpaired) electrons. The number of aromatic nitrogens is 2. The Balaban J connectivity index is 2.80. The summed E-state index contributed by atoms with van der Waals surface area (Å²) in [5.74, 6) is -0.222. The van der Waals surface area contributed by atoms with Crippen LogP contribution in [0.25, 0.3) is 0 Å². The highest BCUT2D eigenvalue weighted by Gasteiger charge is 2.19. The Hall–Kier alpha value is -1.07. The van der Waals surface area contributed by atoms with Crippen LogP contribution >= 0.6 is 11.6 Å². The van der Waals surface area contributed by atoms with E-state index in [4.69, 9.17) is 16.3 Å². The normalized spacial score (nSPS) is 12.6. The summed E-state index contributed by atoms with van der Waals surface area (Å²) in [6, 6.07) is -0.0619. The lowest BCUT2D eigenvalue weighted by Gasteiger charge is -2.12. The number of halogens is 1. The van der Waals surface area contributed by atoms with Crippen LogP contribution in [0.2, 0.25) is 5.15 Å². The minimum absolute atomic E-state index is 0.0619. The molecule has 6 heteroatoms. The fraction of sp³-hybridized carbons (Fsp3) is 0.600. The van der Waals surface area contributed by atoms with Crippen LogP contribution in [-0.2, 0) is 11.8 Å². The third-order valence-electron chi connectivity index (χ3n) is 2.17. The van der Waals surface area contributed by atoms with Crippen molar-refractivity contribution in [3.05, 3.63) is 16.4 Å². The van der Waals surface area contributed by atoms with Crippen molar-refractivity contribution in [1.29, 1.82) is 0 Å². The number of rotatable bonds is 4. The molecule has 0 aliphatic carbocycles. The largest absolute Gasteiger partial charge is 0.383 e. The molecule has 0 unspecified atom stereocenters. The van der Waals surface area contributed by atoms with Gasteiger partial charge in [-0.3, -0.25) is 9.48 Å². The average molecular weight is 246 g/mol. The number of hydrogen-bond donors (Lipinski definition) is 1. The van der Waals surface area contributed by atoms with E-state index in [2.05, 4.69) is 10.4 Å². The molecule has 1 N–H and O–H groups in total. The molecular formula is C10H16ClN3O2. The van der Waals surface area contributed by atoms with Crippen LogP contribution in [-0.4, -0.2) is 35.4 Å². The second-order valence-electron chi connectivity index (χ2n) is 3.70. The van der Waals surface area contributed by atoms with Crippen molar-refractivity contribution in [3.63, 3.8) is 0 Å². The Morgan fingerprint density at radius 1 is 1.69 bits per heavy atom. The molecule has 1 amide bonds. The summed E-state index contributed by atoms with van der Waals surface area (Å²) >= 11 is 5.98. The molecule has 0 saturated heterocycles. The van der Waals surface area contributed by atoms with Gasteiger partial charge in [-0.05, 0) is 13.8 Å². The zero-order valence-corrected chi connectivity index (χ0v) is 10.6. The molecule has 90 valence electrons. The van der Waals surface area contributed by atoms with E-state index < -0.39 is 0 Å². The Bertz CT molecular complexity index is 390. The van der Waals surface area contributed by atoms with Gasteiger partial charge in [0, 0.05) is 20.2 Å². The van der Waals surface area contributed by atoms with E-state index in [0.29, 0.717) is 23.0 Å². The first-order valence-electron chi connectivity index (χ1n) is 4.96. The Labute approximate surface area is 99.7 Å². The molecule has 1 aromatic heterocycles. The van der Waals surface area contributed by atoms with Crippen molar-refractivity contribution in [2.75, 3.05) is 13.7 Å². The van der Waals surface area contributed by atoms with E-state index in [0.717, 1.165) is 0 Å². The van der Waals surface area contributed by atoms with E-state index in [1.165, 1.54) is 4.68 Å². The second kappa shape index (κ2) is 5.32. The third-order valence-corrected chi connectivity index (χ3v) is 2.61. The molecule has 0 fully saturated rings. The number of carbonyl (C=O) groups excluding carboxylic acids is 1. The highest BCUT2D eigenvalue weighted by atomic mass is 35.5. The van der Waals surface area contributed by atoms with Crippen molar-refractivity contribution in [3.8, 4) is 0 Å². The van der Waals surface area contributed by atoms with Crippen molar-refractivity contribution in [1.82, 2.24) is 15.1 Å². The van der Waals surface area contributed by atoms with Crippen LogP contribution < -0.4 is 5.32 Å². The van der Waals surface area contributed by atoms with E-state index in [9.17, 15) is 4.79 Å². The maximum Gasteiger partial charge on any atom is 0.256 e. The molecule has 0 aliphatic rings. The summed E-state index contributed by atoms with van der Waals surface area (Å²) in [4.78, 5) is 11.9. The molecular weight excluding hydrogens is 230 g/mol. The number of ether oxygens (including phenoxy) is 1. The van der Waals surface area contributed by atoms with Crippen molar-refractivity contribution in [2.24, 2.45) is 7.05 Å². The zero-order valence-electron chi connectivity index (χ0n) is 9.87. The lowest BCUT2D eigenvalue weighted by molar-refractivity contribution is 0.0905. The van der Waals surface area contributed by atoms with Crippen LogP contribution in [0, 0.1) is 6.92 Å². The van der Waals surface area contributed by atoms with Crippen molar-refractivity contribution >= 4 is 17.5 Å². The Kier molecular flexibility index (Phi) is 4.32. The van der Waals surface area contributed by atoms with Gasteiger partial charge in [-0.2, -0.15) is 5.10 Å². The molecule has 0 spiro atoms. The molecule has 16 heavy (non-hydrogen) atoms. The molecule has 1 heterocycles. The fourth-order valence-electron chi connectivity index (χ4n) is 1.48. The quantitative estimate of drug-likeness (QED) is 0.866. The molecule has 1 aromatic rings. The van der Waals surface area contributed by atoms with Gasteiger partial charge >= 0.3 is 0 Å². The lowest BCUT2D eigenvalue weighted by atomic mass is 10.2. The number of hydrogen-bond acceptors (Lipinski definition) is 3. The van der Waals surface area contributed by atoms with Crippen molar-refractivity contribution in [2.45, 2.75) is 19.9 Å². The summed E-state index contributed by atoms with van der Waals surface area (Å²) in [5.41, 5.74) is 1.04. The Morgan fingerprint density at radius 3 is 2.75 bits per heavy atom. The summed E-state index contributed by atoms with van der Waals surface area (Å²) in [6.07, 6.45) is 0. The van der Waals surface area contributed by atoms with Gasteiger partial charge in [0.05, 0.1) is 17.9 Å². The van der Waals surface area contributed by atoms with Gasteiger partial charge < -0.3 is 10.1 Å². The second-order valence-corrected chi connectivity index (χ2v) is 4.06. The van der Waals surface area contributed by atoms with Gasteiger partial charge in [0.15, 0.2) is 0 Å². The highest BCUT2D eigenvalue weighted by Crippen LogP contribution is 2.18. The molecule has 5 nitrogen and oxygen atoms in total. The van der Waals surface area contributed by atoms with Gasteiger partial charge in [-0.1, -0.05) is 11.6 Å².